The second-order valence-corrected chi connectivity index (χ2v) is 13.5. The molecule has 1 aliphatic heterocycles. The fourth-order valence-corrected chi connectivity index (χ4v) is 5.96. The van der Waals surface area contributed by atoms with Gasteiger partial charge in [-0.3, -0.25) is 0 Å². The molecule has 3 rings (SSSR count). The minimum Gasteiger partial charge on any atom is -0.466 e. The summed E-state index contributed by atoms with van der Waals surface area (Å²) in [6.45, 7) is 7.90. The van der Waals surface area contributed by atoms with Crippen molar-refractivity contribution in [2.24, 2.45) is 0 Å². The molecule has 0 saturated carbocycles. The summed E-state index contributed by atoms with van der Waals surface area (Å²) in [5.41, 5.74) is 2.61. The summed E-state index contributed by atoms with van der Waals surface area (Å²) in [6, 6.07) is 17.3. The number of hydrogen-bond acceptors (Lipinski definition) is 5. The maximum atomic E-state index is 13.4. The summed E-state index contributed by atoms with van der Waals surface area (Å²) in [6.07, 6.45) is 0.318. The molecule has 1 aliphatic rings. The van der Waals surface area contributed by atoms with Gasteiger partial charge in [0.15, 0.2) is 0 Å². The lowest BCUT2D eigenvalue weighted by Crippen LogP contribution is -2.47. The Hall–Kier alpha value is -2.83. The van der Waals surface area contributed by atoms with Gasteiger partial charge in [0.05, 0.1) is 30.4 Å². The zero-order chi connectivity index (χ0) is 23.5. The highest BCUT2D eigenvalue weighted by molar-refractivity contribution is 6.89. The van der Waals surface area contributed by atoms with Crippen LogP contribution in [0.5, 0.6) is 0 Å². The van der Waals surface area contributed by atoms with E-state index in [0.717, 1.165) is 0 Å². The molecule has 0 amide bonds. The van der Waals surface area contributed by atoms with Gasteiger partial charge >= 0.3 is 11.9 Å². The Morgan fingerprint density at radius 1 is 0.938 bits per heavy atom. The fourth-order valence-electron chi connectivity index (χ4n) is 3.96. The van der Waals surface area contributed by atoms with E-state index in [-0.39, 0.29) is 0 Å². The molecular weight excluding hydrogens is 442 g/mol. The Balaban J connectivity index is 1.99. The van der Waals surface area contributed by atoms with Crippen molar-refractivity contribution < 1.29 is 19.1 Å². The zero-order valence-corrected chi connectivity index (χ0v) is 20.7. The number of carbonyl (C=O) groups is 2. The molecule has 0 spiro atoms. The highest BCUT2D eigenvalue weighted by Gasteiger charge is 2.39. The summed E-state index contributed by atoms with van der Waals surface area (Å²) in [5.74, 6) is -1.67. The number of esters is 2. The topological polar surface area (TPSA) is 64.6 Å². The van der Waals surface area contributed by atoms with Gasteiger partial charge in [0.2, 0.25) is 0 Å². The van der Waals surface area contributed by atoms with E-state index in [1.807, 2.05) is 36.4 Å². The van der Waals surface area contributed by atoms with Gasteiger partial charge in [-0.15, -0.1) is 0 Å². The number of dihydropyridines is 1. The number of hydrogen-bond donors (Lipinski definition) is 1. The van der Waals surface area contributed by atoms with E-state index < -0.39 is 25.9 Å². The normalized spacial score (nSPS) is 16.5. The first-order chi connectivity index (χ1) is 15.2. The van der Waals surface area contributed by atoms with E-state index in [0.29, 0.717) is 39.4 Å². The highest BCUT2D eigenvalue weighted by Crippen LogP contribution is 2.41. The van der Waals surface area contributed by atoms with E-state index in [9.17, 15) is 9.59 Å². The number of carbonyl (C=O) groups excluding carboxylic acids is 2. The molecule has 2 aromatic rings. The number of nitrogens with one attached hydrogen (secondary N) is 1. The van der Waals surface area contributed by atoms with Crippen LogP contribution < -0.4 is 10.5 Å². The van der Waals surface area contributed by atoms with E-state index in [4.69, 9.17) is 21.1 Å². The lowest BCUT2D eigenvalue weighted by molar-refractivity contribution is -0.138. The minimum atomic E-state index is -2.01. The van der Waals surface area contributed by atoms with Gasteiger partial charge in [0.1, 0.15) is 8.07 Å². The lowest BCUT2D eigenvalue weighted by Gasteiger charge is -2.31. The van der Waals surface area contributed by atoms with Crippen molar-refractivity contribution in [2.75, 3.05) is 13.3 Å². The van der Waals surface area contributed by atoms with Gasteiger partial charge < -0.3 is 14.8 Å². The number of benzene rings is 2. The van der Waals surface area contributed by atoms with Crippen molar-refractivity contribution in [2.45, 2.75) is 32.9 Å². The van der Waals surface area contributed by atoms with Crippen LogP contribution in [0.2, 0.25) is 18.1 Å². The van der Waals surface area contributed by atoms with Crippen LogP contribution in [0, 0.1) is 0 Å². The highest BCUT2D eigenvalue weighted by atomic mass is 35.5. The molecule has 0 saturated heterocycles. The van der Waals surface area contributed by atoms with Crippen LogP contribution in [0.4, 0.5) is 0 Å². The van der Waals surface area contributed by atoms with Gasteiger partial charge in [-0.2, -0.15) is 0 Å². The molecule has 1 N–H and O–H groups in total. The van der Waals surface area contributed by atoms with Gasteiger partial charge in [-0.05, 0) is 25.5 Å². The molecular formula is C25H28ClNO4Si. The molecule has 0 bridgehead atoms. The van der Waals surface area contributed by atoms with Crippen molar-refractivity contribution in [3.8, 4) is 0 Å². The summed E-state index contributed by atoms with van der Waals surface area (Å²) < 4.78 is 10.9. The van der Waals surface area contributed by atoms with Crippen molar-refractivity contribution in [3.05, 3.63) is 87.7 Å². The molecule has 7 heteroatoms. The molecule has 0 aromatic heterocycles. The van der Waals surface area contributed by atoms with Gasteiger partial charge in [0.25, 0.3) is 0 Å². The molecule has 5 nitrogen and oxygen atoms in total. The minimum absolute atomic E-state index is 0.318. The summed E-state index contributed by atoms with van der Waals surface area (Å²) in [4.78, 5) is 26.1. The van der Waals surface area contributed by atoms with Crippen LogP contribution >= 0.6 is 11.6 Å². The molecule has 2 aromatic carbocycles. The maximum absolute atomic E-state index is 13.4. The fraction of sp³-hybridized carbons (Fsp3) is 0.280. The largest absolute Gasteiger partial charge is 0.466 e. The SMILES string of the molecule is COC(=O)C1=C(C)NC(C)=C(C(=O)OC[Si](C)(C)c2ccccc2)C1c1ccccc1Cl. The number of allylic oxidation sites excluding steroid dienone is 2. The first-order valence-corrected chi connectivity index (χ1v) is 14.0. The Bertz CT molecular complexity index is 1090. The average Bonchev–Trinajstić information content (AvgIpc) is 2.77. The number of ether oxygens (including phenoxy) is 2. The summed E-state index contributed by atoms with van der Waals surface area (Å²) >= 11 is 6.50. The second kappa shape index (κ2) is 9.75. The van der Waals surface area contributed by atoms with E-state index in [1.165, 1.54) is 12.3 Å². The zero-order valence-electron chi connectivity index (χ0n) is 19.0. The first kappa shape index (κ1) is 23.8. The van der Waals surface area contributed by atoms with E-state index in [2.05, 4.69) is 30.5 Å². The Labute approximate surface area is 195 Å². The molecule has 1 unspecified atom stereocenters. The van der Waals surface area contributed by atoms with Crippen LogP contribution in [-0.4, -0.2) is 33.4 Å². The van der Waals surface area contributed by atoms with Crippen molar-refractivity contribution in [3.63, 3.8) is 0 Å². The average molecular weight is 470 g/mol. The van der Waals surface area contributed by atoms with Crippen molar-refractivity contribution in [1.82, 2.24) is 5.32 Å². The number of methoxy groups -OCH3 is 1. The predicted octanol–water partition coefficient (Wildman–Crippen LogP) is 4.45. The quantitative estimate of drug-likeness (QED) is 0.500. The third-order valence-electron chi connectivity index (χ3n) is 5.72. The second-order valence-electron chi connectivity index (χ2n) is 8.47. The van der Waals surface area contributed by atoms with E-state index >= 15 is 0 Å². The van der Waals surface area contributed by atoms with Crippen LogP contribution in [0.25, 0.3) is 0 Å². The third-order valence-corrected chi connectivity index (χ3v) is 8.83. The number of rotatable bonds is 6. The molecule has 32 heavy (non-hydrogen) atoms. The Morgan fingerprint density at radius 3 is 2.09 bits per heavy atom. The summed E-state index contributed by atoms with van der Waals surface area (Å²) in [7, 11) is -0.692. The van der Waals surface area contributed by atoms with E-state index in [1.54, 1.807) is 19.9 Å². The molecule has 168 valence electrons. The summed E-state index contributed by atoms with van der Waals surface area (Å²) in [5, 5.41) is 4.82. The molecule has 0 aliphatic carbocycles. The monoisotopic (exact) mass is 469 g/mol. The number of halogens is 1. The molecule has 1 heterocycles. The Morgan fingerprint density at radius 2 is 1.50 bits per heavy atom. The van der Waals surface area contributed by atoms with Gasteiger partial charge in [-0.25, -0.2) is 9.59 Å². The van der Waals surface area contributed by atoms with Gasteiger partial charge in [-0.1, -0.05) is 78.4 Å². The van der Waals surface area contributed by atoms with Crippen LogP contribution in [0.3, 0.4) is 0 Å². The molecule has 0 radical (unpaired) electrons. The van der Waals surface area contributed by atoms with Crippen LogP contribution in [0.15, 0.2) is 77.1 Å². The van der Waals surface area contributed by atoms with Crippen LogP contribution in [0.1, 0.15) is 25.3 Å². The predicted molar refractivity (Wildman–Crippen MR) is 129 cm³/mol. The van der Waals surface area contributed by atoms with Crippen LogP contribution in [-0.2, 0) is 19.1 Å². The standard InChI is InChI=1S/C25H28ClNO4Si/c1-16-21(24(28)30-3)23(19-13-9-10-14-20(19)26)22(17(2)27-16)25(29)31-15-32(4,5)18-11-7-6-8-12-18/h6-14,23,27H,15H2,1-5H3. The maximum Gasteiger partial charge on any atom is 0.336 e. The Kier molecular flexibility index (Phi) is 7.26. The smallest absolute Gasteiger partial charge is 0.336 e. The van der Waals surface area contributed by atoms with Crippen molar-refractivity contribution in [1.29, 1.82) is 0 Å². The van der Waals surface area contributed by atoms with Gasteiger partial charge in [0, 0.05) is 16.4 Å². The third kappa shape index (κ3) is 4.81. The van der Waals surface area contributed by atoms with Crippen molar-refractivity contribution >= 4 is 36.8 Å². The molecule has 1 atom stereocenters. The molecule has 0 fully saturated rings. The first-order valence-electron chi connectivity index (χ1n) is 10.4. The lowest BCUT2D eigenvalue weighted by atomic mass is 9.80.